The van der Waals surface area contributed by atoms with Crippen LogP contribution in [-0.2, 0) is 9.59 Å². The van der Waals surface area contributed by atoms with Crippen LogP contribution in [0.3, 0.4) is 0 Å². The van der Waals surface area contributed by atoms with Crippen molar-refractivity contribution in [2.45, 2.75) is 72.5 Å². The van der Waals surface area contributed by atoms with Crippen LogP contribution in [0.2, 0.25) is 0 Å². The molecule has 0 saturated carbocycles. The molecule has 0 aliphatic carbocycles. The van der Waals surface area contributed by atoms with Crippen LogP contribution in [0.1, 0.15) is 54.4 Å². The molecule has 0 aromatic heterocycles. The average molecular weight is 292 g/mol. The lowest BCUT2D eigenvalue weighted by molar-refractivity contribution is -0.156. The Balaban J connectivity index is 3.24. The van der Waals surface area contributed by atoms with Gasteiger partial charge in [-0.3, -0.25) is 9.59 Å². The molecule has 3 unspecified atom stereocenters. The fraction of sp³-hybridized carbons (Fsp3) is 0.765. The zero-order chi connectivity index (χ0) is 16.4. The van der Waals surface area contributed by atoms with Crippen LogP contribution >= 0.6 is 0 Å². The molecule has 0 aromatic rings. The molecule has 1 heterocycles. The fourth-order valence-corrected chi connectivity index (χ4v) is 2.84. The normalized spacial score (nSPS) is 24.8. The molecule has 1 saturated heterocycles. The predicted molar refractivity (Wildman–Crippen MR) is 84.4 cm³/mol. The molecule has 0 bridgehead atoms. The van der Waals surface area contributed by atoms with Gasteiger partial charge in [-0.15, -0.1) is 6.42 Å². The minimum Gasteiger partial charge on any atom is -0.342 e. The Morgan fingerprint density at radius 1 is 1.33 bits per heavy atom. The number of rotatable bonds is 4. The van der Waals surface area contributed by atoms with Gasteiger partial charge in [-0.05, 0) is 17.8 Å². The van der Waals surface area contributed by atoms with Gasteiger partial charge in [0.25, 0.3) is 0 Å². The molecule has 0 spiro atoms. The van der Waals surface area contributed by atoms with Gasteiger partial charge in [0.2, 0.25) is 11.8 Å². The van der Waals surface area contributed by atoms with Crippen molar-refractivity contribution in [3.8, 4) is 12.3 Å². The van der Waals surface area contributed by atoms with Crippen LogP contribution in [0.5, 0.6) is 0 Å². The van der Waals surface area contributed by atoms with E-state index in [1.807, 2.05) is 41.5 Å². The predicted octanol–water partition coefficient (Wildman–Crippen LogP) is 2.19. The second kappa shape index (κ2) is 6.51. The summed E-state index contributed by atoms with van der Waals surface area (Å²) in [6, 6.07) is -1.32. The summed E-state index contributed by atoms with van der Waals surface area (Å²) in [5.74, 6) is 2.58. The van der Waals surface area contributed by atoms with E-state index >= 15 is 0 Å². The number of nitrogens with one attached hydrogen (secondary N) is 1. The van der Waals surface area contributed by atoms with Crippen LogP contribution in [0.25, 0.3) is 0 Å². The molecule has 3 atom stereocenters. The van der Waals surface area contributed by atoms with Gasteiger partial charge >= 0.3 is 0 Å². The smallest absolute Gasteiger partial charge is 0.247 e. The number of carbonyl (C=O) groups is 2. The molecule has 2 amide bonds. The van der Waals surface area contributed by atoms with Crippen molar-refractivity contribution in [1.29, 1.82) is 0 Å². The summed E-state index contributed by atoms with van der Waals surface area (Å²) < 4.78 is 0. The molecular formula is C17H28N2O2. The first kappa shape index (κ1) is 17.6. The van der Waals surface area contributed by atoms with E-state index in [1.165, 1.54) is 0 Å². The van der Waals surface area contributed by atoms with Crippen LogP contribution < -0.4 is 5.32 Å². The molecule has 0 radical (unpaired) electrons. The van der Waals surface area contributed by atoms with E-state index in [9.17, 15) is 9.59 Å². The van der Waals surface area contributed by atoms with E-state index < -0.39 is 12.1 Å². The lowest BCUT2D eigenvalue weighted by Gasteiger charge is -2.46. The highest BCUT2D eigenvalue weighted by atomic mass is 16.2. The second-order valence-corrected chi connectivity index (χ2v) is 7.21. The summed E-state index contributed by atoms with van der Waals surface area (Å²) in [6.07, 6.45) is 7.24. The summed E-state index contributed by atoms with van der Waals surface area (Å²) in [4.78, 5) is 27.1. The number of hydrogen-bond acceptors (Lipinski definition) is 2. The van der Waals surface area contributed by atoms with Crippen molar-refractivity contribution in [3.05, 3.63) is 0 Å². The summed E-state index contributed by atoms with van der Waals surface area (Å²) in [5.41, 5.74) is -0.335. The average Bonchev–Trinajstić information content (AvgIpc) is 2.36. The van der Waals surface area contributed by atoms with Crippen molar-refractivity contribution >= 4 is 11.8 Å². The van der Waals surface area contributed by atoms with Crippen molar-refractivity contribution in [1.82, 2.24) is 10.2 Å². The third-order valence-corrected chi connectivity index (χ3v) is 3.94. The van der Waals surface area contributed by atoms with E-state index in [0.29, 0.717) is 0 Å². The third-order valence-electron chi connectivity index (χ3n) is 3.94. The van der Waals surface area contributed by atoms with E-state index in [1.54, 1.807) is 4.90 Å². The lowest BCUT2D eigenvalue weighted by Crippen LogP contribution is -2.69. The maximum Gasteiger partial charge on any atom is 0.247 e. The second-order valence-electron chi connectivity index (χ2n) is 7.21. The molecule has 1 aliphatic heterocycles. The molecular weight excluding hydrogens is 264 g/mol. The SMILES string of the molecule is C#CC(CCC)N1C(=O)C(C(C)(C)C)NC(=O)C1C(C)C. The topological polar surface area (TPSA) is 49.4 Å². The molecule has 1 N–H and O–H groups in total. The van der Waals surface area contributed by atoms with Gasteiger partial charge in [-0.2, -0.15) is 0 Å². The number of carbonyl (C=O) groups excluding carboxylic acids is 2. The molecule has 21 heavy (non-hydrogen) atoms. The molecule has 1 rings (SSSR count). The lowest BCUT2D eigenvalue weighted by atomic mass is 9.82. The molecule has 4 heteroatoms. The maximum atomic E-state index is 12.9. The Bertz CT molecular complexity index is 443. The van der Waals surface area contributed by atoms with Gasteiger partial charge in [0.15, 0.2) is 0 Å². The zero-order valence-electron chi connectivity index (χ0n) is 14.1. The van der Waals surface area contributed by atoms with E-state index in [2.05, 4.69) is 11.2 Å². The molecule has 0 aromatic carbocycles. The van der Waals surface area contributed by atoms with E-state index in [4.69, 9.17) is 6.42 Å². The first-order chi connectivity index (χ1) is 9.65. The molecule has 1 fully saturated rings. The maximum absolute atomic E-state index is 12.9. The van der Waals surface area contributed by atoms with Crippen molar-refractivity contribution < 1.29 is 9.59 Å². The summed E-state index contributed by atoms with van der Waals surface area (Å²) in [6.45, 7) is 11.8. The summed E-state index contributed by atoms with van der Waals surface area (Å²) in [7, 11) is 0. The first-order valence-electron chi connectivity index (χ1n) is 7.73. The minimum absolute atomic E-state index is 0.0302. The monoisotopic (exact) mass is 292 g/mol. The summed E-state index contributed by atoms with van der Waals surface area (Å²) >= 11 is 0. The van der Waals surface area contributed by atoms with E-state index in [0.717, 1.165) is 12.8 Å². The van der Waals surface area contributed by atoms with Crippen LogP contribution in [0.15, 0.2) is 0 Å². The number of piperazine rings is 1. The van der Waals surface area contributed by atoms with Crippen molar-refractivity contribution in [3.63, 3.8) is 0 Å². The van der Waals surface area contributed by atoms with Gasteiger partial charge in [-0.25, -0.2) is 0 Å². The fourth-order valence-electron chi connectivity index (χ4n) is 2.84. The Morgan fingerprint density at radius 2 is 1.90 bits per heavy atom. The molecule has 1 aliphatic rings. The number of terminal acetylenes is 1. The standard InChI is InChI=1S/C17H28N2O2/c1-8-10-12(9-2)19-13(11(3)4)15(20)18-14(16(19)21)17(5,6)7/h2,11-14H,8,10H2,1,3-7H3,(H,18,20). The van der Waals surface area contributed by atoms with Gasteiger partial charge in [0.05, 0.1) is 6.04 Å². The highest BCUT2D eigenvalue weighted by molar-refractivity contribution is 5.98. The first-order valence-corrected chi connectivity index (χ1v) is 7.73. The summed E-state index contributed by atoms with van der Waals surface area (Å²) in [5, 5.41) is 2.89. The van der Waals surface area contributed by atoms with Crippen LogP contribution in [0, 0.1) is 23.7 Å². The quantitative estimate of drug-likeness (QED) is 0.808. The van der Waals surface area contributed by atoms with Crippen molar-refractivity contribution in [2.75, 3.05) is 0 Å². The third kappa shape index (κ3) is 3.58. The van der Waals surface area contributed by atoms with Gasteiger partial charge in [0.1, 0.15) is 12.1 Å². The Hall–Kier alpha value is -1.50. The Labute approximate surface area is 128 Å². The van der Waals surface area contributed by atoms with E-state index in [-0.39, 0.29) is 29.2 Å². The van der Waals surface area contributed by atoms with Crippen LogP contribution in [0.4, 0.5) is 0 Å². The van der Waals surface area contributed by atoms with Crippen LogP contribution in [-0.4, -0.2) is 34.8 Å². The number of amides is 2. The largest absolute Gasteiger partial charge is 0.342 e. The zero-order valence-corrected chi connectivity index (χ0v) is 14.1. The highest BCUT2D eigenvalue weighted by Gasteiger charge is 2.48. The Morgan fingerprint density at radius 3 is 2.29 bits per heavy atom. The number of hydrogen-bond donors (Lipinski definition) is 1. The Kier molecular flexibility index (Phi) is 5.44. The molecule has 4 nitrogen and oxygen atoms in total. The van der Waals surface area contributed by atoms with Gasteiger partial charge < -0.3 is 10.2 Å². The van der Waals surface area contributed by atoms with Gasteiger partial charge in [-0.1, -0.05) is 53.9 Å². The van der Waals surface area contributed by atoms with Crippen molar-refractivity contribution in [2.24, 2.45) is 11.3 Å². The molecule has 118 valence electrons. The minimum atomic E-state index is -0.521. The number of nitrogens with zero attached hydrogens (tertiary/aromatic N) is 1. The highest BCUT2D eigenvalue weighted by Crippen LogP contribution is 2.29. The van der Waals surface area contributed by atoms with Gasteiger partial charge in [0, 0.05) is 0 Å².